The molecular formula is C20H17F2N3O2. The zero-order chi connectivity index (χ0) is 19.2. The van der Waals surface area contributed by atoms with E-state index in [0.717, 1.165) is 10.2 Å². The van der Waals surface area contributed by atoms with Crippen LogP contribution in [-0.4, -0.2) is 22.2 Å². The number of carbonyl (C=O) groups excluding carboxylic acids is 1. The van der Waals surface area contributed by atoms with E-state index in [1.165, 1.54) is 36.4 Å². The zero-order valence-corrected chi connectivity index (χ0v) is 14.4. The van der Waals surface area contributed by atoms with E-state index in [1.807, 2.05) is 0 Å². The molecule has 5 nitrogen and oxygen atoms in total. The van der Waals surface area contributed by atoms with Crippen LogP contribution in [0.5, 0.6) is 0 Å². The fraction of sp³-hybridized carbons (Fsp3) is 0.150. The van der Waals surface area contributed by atoms with Gasteiger partial charge >= 0.3 is 0 Å². The molecule has 0 aliphatic rings. The summed E-state index contributed by atoms with van der Waals surface area (Å²) >= 11 is 0. The average Bonchev–Trinajstić information content (AvgIpc) is 2.66. The minimum atomic E-state index is -0.408. The number of carbonyl (C=O) groups is 1. The second kappa shape index (κ2) is 8.35. The summed E-state index contributed by atoms with van der Waals surface area (Å²) in [6.07, 6.45) is 0.546. The molecule has 3 aromatic rings. The maximum absolute atomic E-state index is 13.0. The van der Waals surface area contributed by atoms with Crippen LogP contribution in [0.4, 0.5) is 8.78 Å². The molecule has 27 heavy (non-hydrogen) atoms. The van der Waals surface area contributed by atoms with Gasteiger partial charge in [-0.25, -0.2) is 13.5 Å². The molecule has 0 saturated carbocycles. The number of rotatable bonds is 6. The van der Waals surface area contributed by atoms with Crippen LogP contribution in [0.1, 0.15) is 5.56 Å². The Morgan fingerprint density at radius 2 is 1.56 bits per heavy atom. The molecule has 1 heterocycles. The summed E-state index contributed by atoms with van der Waals surface area (Å²) in [5.41, 5.74) is 1.59. The molecule has 0 spiro atoms. The monoisotopic (exact) mass is 369 g/mol. The Balaban J connectivity index is 1.61. The van der Waals surface area contributed by atoms with Crippen LogP contribution < -0.4 is 10.9 Å². The second-order valence-electron chi connectivity index (χ2n) is 5.95. The molecule has 0 saturated heterocycles. The number of hydrogen-bond acceptors (Lipinski definition) is 3. The number of amides is 1. The molecule has 1 aromatic heterocycles. The van der Waals surface area contributed by atoms with Gasteiger partial charge in [0.1, 0.15) is 18.2 Å². The molecule has 0 unspecified atom stereocenters. The smallest absolute Gasteiger partial charge is 0.267 e. The zero-order valence-electron chi connectivity index (χ0n) is 14.4. The van der Waals surface area contributed by atoms with Crippen molar-refractivity contribution in [2.75, 3.05) is 6.54 Å². The normalized spacial score (nSPS) is 10.6. The van der Waals surface area contributed by atoms with Crippen molar-refractivity contribution in [3.63, 3.8) is 0 Å². The minimum Gasteiger partial charge on any atom is -0.354 e. The van der Waals surface area contributed by atoms with Gasteiger partial charge < -0.3 is 5.32 Å². The summed E-state index contributed by atoms with van der Waals surface area (Å²) in [4.78, 5) is 24.0. The van der Waals surface area contributed by atoms with Gasteiger partial charge in [-0.3, -0.25) is 9.59 Å². The first-order valence-electron chi connectivity index (χ1n) is 8.36. The Morgan fingerprint density at radius 3 is 2.22 bits per heavy atom. The van der Waals surface area contributed by atoms with Crippen LogP contribution in [0.2, 0.25) is 0 Å². The number of benzene rings is 2. The molecule has 0 radical (unpaired) electrons. The van der Waals surface area contributed by atoms with Crippen molar-refractivity contribution in [2.45, 2.75) is 13.0 Å². The third-order valence-electron chi connectivity index (χ3n) is 3.95. The first kappa shape index (κ1) is 18.4. The van der Waals surface area contributed by atoms with Gasteiger partial charge in [0.2, 0.25) is 5.91 Å². The summed E-state index contributed by atoms with van der Waals surface area (Å²) in [5.74, 6) is -1.04. The van der Waals surface area contributed by atoms with Gasteiger partial charge in [-0.2, -0.15) is 5.10 Å². The van der Waals surface area contributed by atoms with Gasteiger partial charge in [0, 0.05) is 18.2 Å². The topological polar surface area (TPSA) is 64.0 Å². The van der Waals surface area contributed by atoms with E-state index in [2.05, 4.69) is 10.4 Å². The number of aromatic nitrogens is 2. The molecule has 0 atom stereocenters. The average molecular weight is 369 g/mol. The third-order valence-corrected chi connectivity index (χ3v) is 3.95. The summed E-state index contributed by atoms with van der Waals surface area (Å²) in [5, 5.41) is 6.87. The van der Waals surface area contributed by atoms with Gasteiger partial charge in [-0.1, -0.05) is 12.1 Å². The van der Waals surface area contributed by atoms with Crippen molar-refractivity contribution >= 4 is 5.91 Å². The first-order valence-corrected chi connectivity index (χ1v) is 8.36. The lowest BCUT2D eigenvalue weighted by atomic mass is 10.1. The van der Waals surface area contributed by atoms with Crippen molar-refractivity contribution in [1.82, 2.24) is 15.1 Å². The fourth-order valence-electron chi connectivity index (χ4n) is 2.53. The maximum atomic E-state index is 13.0. The van der Waals surface area contributed by atoms with Crippen molar-refractivity contribution in [3.05, 3.63) is 88.2 Å². The van der Waals surface area contributed by atoms with Crippen molar-refractivity contribution < 1.29 is 13.6 Å². The second-order valence-corrected chi connectivity index (χ2v) is 5.95. The number of hydrogen-bond donors (Lipinski definition) is 1. The molecule has 0 bridgehead atoms. The van der Waals surface area contributed by atoms with Crippen LogP contribution in [-0.2, 0) is 17.8 Å². The Morgan fingerprint density at radius 1 is 0.926 bits per heavy atom. The minimum absolute atomic E-state index is 0.225. The van der Waals surface area contributed by atoms with Crippen LogP contribution in [0.15, 0.2) is 65.5 Å². The van der Waals surface area contributed by atoms with Crippen LogP contribution in [0.3, 0.4) is 0 Å². The molecule has 1 amide bonds. The van der Waals surface area contributed by atoms with E-state index >= 15 is 0 Å². The largest absolute Gasteiger partial charge is 0.354 e. The summed E-state index contributed by atoms with van der Waals surface area (Å²) < 4.78 is 27.0. The van der Waals surface area contributed by atoms with E-state index in [0.29, 0.717) is 24.2 Å². The number of nitrogens with zero attached hydrogens (tertiary/aromatic N) is 2. The first-order chi connectivity index (χ1) is 13.0. The van der Waals surface area contributed by atoms with Crippen LogP contribution in [0, 0.1) is 11.6 Å². The predicted molar refractivity (Wildman–Crippen MR) is 97.0 cm³/mol. The van der Waals surface area contributed by atoms with E-state index in [9.17, 15) is 18.4 Å². The highest BCUT2D eigenvalue weighted by atomic mass is 19.1. The number of halogens is 2. The third kappa shape index (κ3) is 5.07. The highest BCUT2D eigenvalue weighted by molar-refractivity contribution is 5.75. The van der Waals surface area contributed by atoms with E-state index in [-0.39, 0.29) is 24.1 Å². The molecule has 3 rings (SSSR count). The van der Waals surface area contributed by atoms with Gasteiger partial charge in [-0.05, 0) is 54.4 Å². The van der Waals surface area contributed by atoms with Gasteiger partial charge in [0.15, 0.2) is 0 Å². The molecule has 0 aliphatic carbocycles. The van der Waals surface area contributed by atoms with Crippen LogP contribution in [0.25, 0.3) is 11.3 Å². The highest BCUT2D eigenvalue weighted by Gasteiger charge is 2.08. The maximum Gasteiger partial charge on any atom is 0.267 e. The summed E-state index contributed by atoms with van der Waals surface area (Å²) in [7, 11) is 0. The van der Waals surface area contributed by atoms with Gasteiger partial charge in [0.25, 0.3) is 5.56 Å². The van der Waals surface area contributed by atoms with Crippen LogP contribution >= 0.6 is 0 Å². The Labute approximate surface area is 154 Å². The Kier molecular flexibility index (Phi) is 5.71. The molecule has 0 fully saturated rings. The lowest BCUT2D eigenvalue weighted by Gasteiger charge is -2.08. The lowest BCUT2D eigenvalue weighted by Crippen LogP contribution is -2.34. The molecular weight excluding hydrogens is 352 g/mol. The predicted octanol–water partition coefficient (Wildman–Crippen LogP) is 2.55. The number of nitrogens with one attached hydrogen (secondary N) is 1. The van der Waals surface area contributed by atoms with Crippen molar-refractivity contribution in [1.29, 1.82) is 0 Å². The highest BCUT2D eigenvalue weighted by Crippen LogP contribution is 2.15. The van der Waals surface area contributed by atoms with Gasteiger partial charge in [-0.15, -0.1) is 0 Å². The van der Waals surface area contributed by atoms with E-state index in [1.54, 1.807) is 24.3 Å². The quantitative estimate of drug-likeness (QED) is 0.726. The summed E-state index contributed by atoms with van der Waals surface area (Å²) in [6, 6.07) is 14.6. The Hall–Kier alpha value is -3.35. The van der Waals surface area contributed by atoms with Crippen molar-refractivity contribution in [3.8, 4) is 11.3 Å². The van der Waals surface area contributed by atoms with Crippen molar-refractivity contribution in [2.24, 2.45) is 0 Å². The lowest BCUT2D eigenvalue weighted by molar-refractivity contribution is -0.121. The fourth-order valence-corrected chi connectivity index (χ4v) is 2.53. The molecule has 1 N–H and O–H groups in total. The molecule has 2 aromatic carbocycles. The van der Waals surface area contributed by atoms with E-state index in [4.69, 9.17) is 0 Å². The molecule has 7 heteroatoms. The van der Waals surface area contributed by atoms with Gasteiger partial charge in [0.05, 0.1) is 5.69 Å². The summed E-state index contributed by atoms with van der Waals surface area (Å²) in [6.45, 7) is 0.133. The molecule has 0 aliphatic heterocycles. The Bertz CT molecular complexity index is 983. The molecule has 138 valence electrons. The SMILES string of the molecule is O=C(Cn1nc(-c2ccc(F)cc2)ccc1=O)NCCc1ccc(F)cc1. The van der Waals surface area contributed by atoms with E-state index < -0.39 is 5.56 Å². The standard InChI is InChI=1S/C20H17F2N3O2/c21-16-5-1-14(2-6-16)11-12-23-19(26)13-25-20(27)10-9-18(24-25)15-3-7-17(22)8-4-15/h1-10H,11-13H2,(H,23,26).